The Morgan fingerprint density at radius 1 is 1.38 bits per heavy atom. The van der Waals surface area contributed by atoms with Crippen LogP contribution in [0.3, 0.4) is 0 Å². The SMILES string of the molecule is O=CCC#Cc1cc(F)nc(F)c1. The zero-order chi connectivity index (χ0) is 9.68. The van der Waals surface area contributed by atoms with Gasteiger partial charge >= 0.3 is 0 Å². The van der Waals surface area contributed by atoms with Crippen LogP contribution in [0.25, 0.3) is 0 Å². The smallest absolute Gasteiger partial charge is 0.216 e. The molecule has 0 saturated carbocycles. The Hall–Kier alpha value is -1.76. The Morgan fingerprint density at radius 2 is 2.00 bits per heavy atom. The highest BCUT2D eigenvalue weighted by Crippen LogP contribution is 2.02. The third-order valence-electron chi connectivity index (χ3n) is 1.18. The van der Waals surface area contributed by atoms with E-state index < -0.39 is 11.9 Å². The molecule has 2 nitrogen and oxygen atoms in total. The van der Waals surface area contributed by atoms with Gasteiger partial charge in [0, 0.05) is 17.7 Å². The van der Waals surface area contributed by atoms with Crippen molar-refractivity contribution in [2.75, 3.05) is 0 Å². The molecule has 0 bridgehead atoms. The second-order valence-electron chi connectivity index (χ2n) is 2.17. The summed E-state index contributed by atoms with van der Waals surface area (Å²) < 4.78 is 24.9. The minimum Gasteiger partial charge on any atom is -0.302 e. The average molecular weight is 181 g/mol. The number of pyridine rings is 1. The number of carbonyl (C=O) groups is 1. The van der Waals surface area contributed by atoms with E-state index in [2.05, 4.69) is 16.8 Å². The lowest BCUT2D eigenvalue weighted by Crippen LogP contribution is -1.89. The summed E-state index contributed by atoms with van der Waals surface area (Å²) in [6, 6.07) is 2.00. The number of aldehydes is 1. The second-order valence-corrected chi connectivity index (χ2v) is 2.17. The second kappa shape index (κ2) is 4.31. The van der Waals surface area contributed by atoms with Gasteiger partial charge in [-0.05, 0) is 0 Å². The summed E-state index contributed by atoms with van der Waals surface area (Å²) in [4.78, 5) is 12.8. The largest absolute Gasteiger partial charge is 0.302 e. The van der Waals surface area contributed by atoms with Crippen LogP contribution in [-0.4, -0.2) is 11.3 Å². The number of hydrogen-bond donors (Lipinski definition) is 0. The quantitative estimate of drug-likeness (QED) is 0.371. The molecule has 4 heteroatoms. The molecule has 1 aromatic rings. The van der Waals surface area contributed by atoms with Gasteiger partial charge in [0.1, 0.15) is 6.29 Å². The third-order valence-corrected chi connectivity index (χ3v) is 1.18. The number of rotatable bonds is 1. The van der Waals surface area contributed by atoms with E-state index in [-0.39, 0.29) is 12.0 Å². The molecule has 1 heterocycles. The maximum Gasteiger partial charge on any atom is 0.216 e. The molecule has 0 spiro atoms. The van der Waals surface area contributed by atoms with E-state index in [4.69, 9.17) is 0 Å². The summed E-state index contributed by atoms with van der Waals surface area (Å²) in [6.07, 6.45) is 0.659. The van der Waals surface area contributed by atoms with Crippen molar-refractivity contribution in [3.05, 3.63) is 29.6 Å². The fourth-order valence-electron chi connectivity index (χ4n) is 0.732. The summed E-state index contributed by atoms with van der Waals surface area (Å²) in [5.41, 5.74) is 0.173. The van der Waals surface area contributed by atoms with Crippen molar-refractivity contribution in [1.29, 1.82) is 0 Å². The van der Waals surface area contributed by atoms with Crippen LogP contribution >= 0.6 is 0 Å². The first-order valence-corrected chi connectivity index (χ1v) is 3.48. The zero-order valence-corrected chi connectivity index (χ0v) is 6.55. The molecule has 0 aliphatic carbocycles. The van der Waals surface area contributed by atoms with Crippen molar-refractivity contribution in [1.82, 2.24) is 4.98 Å². The van der Waals surface area contributed by atoms with Crippen LogP contribution < -0.4 is 0 Å². The zero-order valence-electron chi connectivity index (χ0n) is 6.55. The minimum absolute atomic E-state index is 0.0472. The highest BCUT2D eigenvalue weighted by Gasteiger charge is 1.98. The molecule has 0 N–H and O–H groups in total. The molecule has 0 aliphatic heterocycles. The first-order chi connectivity index (χ1) is 6.22. The summed E-state index contributed by atoms with van der Waals surface area (Å²) >= 11 is 0. The van der Waals surface area contributed by atoms with E-state index in [0.717, 1.165) is 12.1 Å². The van der Waals surface area contributed by atoms with E-state index in [1.54, 1.807) is 0 Å². The topological polar surface area (TPSA) is 30.0 Å². The van der Waals surface area contributed by atoms with Crippen molar-refractivity contribution in [3.63, 3.8) is 0 Å². The van der Waals surface area contributed by atoms with Gasteiger partial charge in [-0.15, -0.1) is 0 Å². The summed E-state index contributed by atoms with van der Waals surface area (Å²) in [5.74, 6) is 3.01. The summed E-state index contributed by atoms with van der Waals surface area (Å²) in [7, 11) is 0. The molecule has 0 fully saturated rings. The predicted molar refractivity (Wildman–Crippen MR) is 41.7 cm³/mol. The number of halogens is 2. The third kappa shape index (κ3) is 2.99. The fourth-order valence-corrected chi connectivity index (χ4v) is 0.732. The molecule has 0 aliphatic rings. The van der Waals surface area contributed by atoms with Crippen LogP contribution in [0, 0.1) is 23.7 Å². The van der Waals surface area contributed by atoms with Crippen LogP contribution in [0.1, 0.15) is 12.0 Å². The average Bonchev–Trinajstić information content (AvgIpc) is 2.03. The number of nitrogens with zero attached hydrogens (tertiary/aromatic N) is 1. The normalized spacial score (nSPS) is 8.77. The molecule has 0 radical (unpaired) electrons. The maximum absolute atomic E-state index is 12.4. The predicted octanol–water partition coefficient (Wildman–Crippen LogP) is 1.30. The lowest BCUT2D eigenvalue weighted by Gasteiger charge is -1.90. The Balaban J connectivity index is 2.90. The molecular weight excluding hydrogens is 176 g/mol. The molecule has 0 amide bonds. The maximum atomic E-state index is 12.4. The first-order valence-electron chi connectivity index (χ1n) is 3.48. The highest BCUT2D eigenvalue weighted by molar-refractivity contribution is 5.54. The van der Waals surface area contributed by atoms with Crippen molar-refractivity contribution in [3.8, 4) is 11.8 Å². The molecule has 13 heavy (non-hydrogen) atoms. The van der Waals surface area contributed by atoms with E-state index >= 15 is 0 Å². The van der Waals surface area contributed by atoms with Gasteiger partial charge in [-0.2, -0.15) is 13.8 Å². The number of carbonyl (C=O) groups excluding carboxylic acids is 1. The lowest BCUT2D eigenvalue weighted by molar-refractivity contribution is -0.107. The molecule has 0 atom stereocenters. The molecule has 0 saturated heterocycles. The van der Waals surface area contributed by atoms with Gasteiger partial charge in [0.15, 0.2) is 0 Å². The van der Waals surface area contributed by atoms with Gasteiger partial charge in [-0.3, -0.25) is 0 Å². The Labute approximate surface area is 73.6 Å². The molecule has 66 valence electrons. The Kier molecular flexibility index (Phi) is 3.09. The van der Waals surface area contributed by atoms with Crippen LogP contribution in [0.2, 0.25) is 0 Å². The Morgan fingerprint density at radius 3 is 2.54 bits per heavy atom. The standard InChI is InChI=1S/C9H5F2NO/c10-8-5-7(3-1-2-4-13)6-9(11)12-8/h4-6H,2H2. The van der Waals surface area contributed by atoms with Gasteiger partial charge in [0.2, 0.25) is 11.9 Å². The minimum atomic E-state index is -0.921. The highest BCUT2D eigenvalue weighted by atomic mass is 19.1. The summed E-state index contributed by atoms with van der Waals surface area (Å²) in [5, 5.41) is 0. The van der Waals surface area contributed by atoms with Crippen LogP contribution in [0.4, 0.5) is 8.78 Å². The fraction of sp³-hybridized carbons (Fsp3) is 0.111. The van der Waals surface area contributed by atoms with E-state index in [1.165, 1.54) is 0 Å². The van der Waals surface area contributed by atoms with E-state index in [9.17, 15) is 13.6 Å². The van der Waals surface area contributed by atoms with Gasteiger partial charge < -0.3 is 4.79 Å². The van der Waals surface area contributed by atoms with Gasteiger partial charge in [-0.1, -0.05) is 11.8 Å². The molecule has 1 aromatic heterocycles. The summed E-state index contributed by atoms with van der Waals surface area (Å²) in [6.45, 7) is 0. The molecule has 0 aromatic carbocycles. The van der Waals surface area contributed by atoms with Crippen LogP contribution in [0.5, 0.6) is 0 Å². The van der Waals surface area contributed by atoms with Crippen LogP contribution in [0.15, 0.2) is 12.1 Å². The molecular formula is C9H5F2NO. The van der Waals surface area contributed by atoms with Crippen molar-refractivity contribution in [2.24, 2.45) is 0 Å². The molecule has 1 rings (SSSR count). The first kappa shape index (κ1) is 9.33. The number of hydrogen-bond acceptors (Lipinski definition) is 2. The van der Waals surface area contributed by atoms with E-state index in [0.29, 0.717) is 6.29 Å². The van der Waals surface area contributed by atoms with E-state index in [1.807, 2.05) is 0 Å². The van der Waals surface area contributed by atoms with Crippen molar-refractivity contribution >= 4 is 6.29 Å². The lowest BCUT2D eigenvalue weighted by atomic mass is 10.2. The monoisotopic (exact) mass is 181 g/mol. The molecule has 0 unspecified atom stereocenters. The van der Waals surface area contributed by atoms with Gasteiger partial charge in [0.25, 0.3) is 0 Å². The van der Waals surface area contributed by atoms with Gasteiger partial charge in [-0.25, -0.2) is 0 Å². The van der Waals surface area contributed by atoms with Crippen molar-refractivity contribution in [2.45, 2.75) is 6.42 Å². The Bertz CT molecular complexity index is 359. The van der Waals surface area contributed by atoms with Crippen molar-refractivity contribution < 1.29 is 13.6 Å². The van der Waals surface area contributed by atoms with Gasteiger partial charge in [0.05, 0.1) is 6.42 Å². The van der Waals surface area contributed by atoms with Crippen LogP contribution in [-0.2, 0) is 4.79 Å². The number of aromatic nitrogens is 1.